The number of piperidine rings is 1. The molecule has 0 aromatic rings. The molecule has 0 aromatic carbocycles. The molecule has 0 spiro atoms. The fourth-order valence-electron chi connectivity index (χ4n) is 3.86. The maximum atomic E-state index is 12.4. The highest BCUT2D eigenvalue weighted by Crippen LogP contribution is 2.21. The number of hydrogen-bond acceptors (Lipinski definition) is 3. The maximum absolute atomic E-state index is 12.4. The summed E-state index contributed by atoms with van der Waals surface area (Å²) < 4.78 is 0. The lowest BCUT2D eigenvalue weighted by molar-refractivity contribution is -0.133. The van der Waals surface area contributed by atoms with Crippen molar-refractivity contribution in [1.29, 1.82) is 0 Å². The second-order valence-electron chi connectivity index (χ2n) is 6.38. The summed E-state index contributed by atoms with van der Waals surface area (Å²) in [7, 11) is 0. The minimum Gasteiger partial charge on any atom is -0.341 e. The van der Waals surface area contributed by atoms with Crippen molar-refractivity contribution < 1.29 is 4.79 Å². The van der Waals surface area contributed by atoms with Gasteiger partial charge in [-0.25, -0.2) is 0 Å². The second kappa shape index (κ2) is 9.19. The average Bonchev–Trinajstić information content (AvgIpc) is 3.12. The Hall–Kier alpha value is -0.0300. The first-order chi connectivity index (χ1) is 9.33. The van der Waals surface area contributed by atoms with Crippen LogP contribution in [0, 0.1) is 0 Å². The van der Waals surface area contributed by atoms with Crippen molar-refractivity contribution in [2.24, 2.45) is 0 Å². The van der Waals surface area contributed by atoms with Gasteiger partial charge in [0, 0.05) is 31.6 Å². The highest BCUT2D eigenvalue weighted by atomic mass is 35.5. The lowest BCUT2D eigenvalue weighted by atomic mass is 10.0. The number of hydrogen-bond donors (Lipinski definition) is 1. The Morgan fingerprint density at radius 2 is 1.76 bits per heavy atom. The molecule has 124 valence electrons. The average molecular weight is 338 g/mol. The van der Waals surface area contributed by atoms with E-state index in [2.05, 4.69) is 15.1 Å². The number of carbonyl (C=O) groups is 1. The van der Waals surface area contributed by atoms with Crippen LogP contribution in [-0.2, 0) is 4.79 Å². The van der Waals surface area contributed by atoms with E-state index in [-0.39, 0.29) is 24.8 Å². The van der Waals surface area contributed by atoms with Gasteiger partial charge >= 0.3 is 0 Å². The van der Waals surface area contributed by atoms with E-state index in [1.165, 1.54) is 51.6 Å². The molecule has 2 atom stereocenters. The molecule has 2 unspecified atom stereocenters. The fraction of sp³-hybridized carbons (Fsp3) is 0.933. The zero-order valence-electron chi connectivity index (χ0n) is 12.8. The summed E-state index contributed by atoms with van der Waals surface area (Å²) in [5.41, 5.74) is 0. The van der Waals surface area contributed by atoms with E-state index in [0.29, 0.717) is 24.4 Å². The Morgan fingerprint density at radius 3 is 2.43 bits per heavy atom. The van der Waals surface area contributed by atoms with Crippen LogP contribution in [0.4, 0.5) is 0 Å². The van der Waals surface area contributed by atoms with Crippen molar-refractivity contribution in [3.8, 4) is 0 Å². The van der Waals surface area contributed by atoms with E-state index in [1.54, 1.807) is 0 Å². The van der Waals surface area contributed by atoms with Gasteiger partial charge in [0.1, 0.15) is 0 Å². The molecule has 3 saturated heterocycles. The lowest BCUT2D eigenvalue weighted by Gasteiger charge is -2.38. The molecule has 0 bridgehead atoms. The van der Waals surface area contributed by atoms with E-state index >= 15 is 0 Å². The van der Waals surface area contributed by atoms with Crippen LogP contribution in [0.5, 0.6) is 0 Å². The number of amides is 1. The summed E-state index contributed by atoms with van der Waals surface area (Å²) in [4.78, 5) is 17.1. The molecule has 6 heteroatoms. The predicted molar refractivity (Wildman–Crippen MR) is 90.5 cm³/mol. The Balaban J connectivity index is 0.00000110. The van der Waals surface area contributed by atoms with Crippen molar-refractivity contribution in [1.82, 2.24) is 15.1 Å². The van der Waals surface area contributed by atoms with E-state index < -0.39 is 0 Å². The first-order valence-corrected chi connectivity index (χ1v) is 8.08. The molecule has 3 heterocycles. The van der Waals surface area contributed by atoms with E-state index in [0.717, 1.165) is 19.6 Å². The van der Waals surface area contributed by atoms with Gasteiger partial charge in [-0.15, -0.1) is 24.8 Å². The molecular weight excluding hydrogens is 309 g/mol. The Kier molecular flexibility index (Phi) is 8.32. The monoisotopic (exact) mass is 337 g/mol. The Bertz CT molecular complexity index is 318. The lowest BCUT2D eigenvalue weighted by Crippen LogP contribution is -2.49. The largest absolute Gasteiger partial charge is 0.341 e. The first kappa shape index (κ1) is 19.0. The molecule has 3 aliphatic rings. The number of halogens is 2. The zero-order chi connectivity index (χ0) is 13.1. The van der Waals surface area contributed by atoms with Gasteiger partial charge in [-0.2, -0.15) is 0 Å². The molecule has 0 aliphatic carbocycles. The SMILES string of the molecule is Cl.Cl.O=C(CC1CCCN1)N1CCCC(N2CCCC2)C1. The van der Waals surface area contributed by atoms with E-state index in [9.17, 15) is 4.79 Å². The number of likely N-dealkylation sites (tertiary alicyclic amines) is 2. The minimum absolute atomic E-state index is 0. The Morgan fingerprint density at radius 1 is 1.00 bits per heavy atom. The summed E-state index contributed by atoms with van der Waals surface area (Å²) in [6.45, 7) is 5.55. The van der Waals surface area contributed by atoms with Crippen LogP contribution in [0.1, 0.15) is 44.9 Å². The highest BCUT2D eigenvalue weighted by Gasteiger charge is 2.30. The van der Waals surface area contributed by atoms with Crippen molar-refractivity contribution in [2.75, 3.05) is 32.7 Å². The summed E-state index contributed by atoms with van der Waals surface area (Å²) in [5.74, 6) is 0.378. The van der Waals surface area contributed by atoms with Crippen LogP contribution in [0.2, 0.25) is 0 Å². The topological polar surface area (TPSA) is 35.6 Å². The molecule has 3 aliphatic heterocycles. The standard InChI is InChI=1S/C15H27N3O.2ClH/c19-15(11-13-5-3-7-16-13)18-10-4-6-14(12-18)17-8-1-2-9-17;;/h13-14,16H,1-12H2;2*1H. The molecule has 0 saturated carbocycles. The molecule has 3 rings (SSSR count). The van der Waals surface area contributed by atoms with Gasteiger partial charge in [-0.05, 0) is 58.2 Å². The van der Waals surface area contributed by atoms with Crippen molar-refractivity contribution >= 4 is 30.7 Å². The predicted octanol–water partition coefficient (Wildman–Crippen LogP) is 2.06. The third kappa shape index (κ3) is 4.98. The van der Waals surface area contributed by atoms with Crippen LogP contribution in [-0.4, -0.2) is 60.5 Å². The second-order valence-corrected chi connectivity index (χ2v) is 6.38. The van der Waals surface area contributed by atoms with Crippen LogP contribution in [0.25, 0.3) is 0 Å². The van der Waals surface area contributed by atoms with Crippen molar-refractivity contribution in [3.63, 3.8) is 0 Å². The molecule has 4 nitrogen and oxygen atoms in total. The smallest absolute Gasteiger partial charge is 0.224 e. The normalized spacial score (nSPS) is 29.8. The van der Waals surface area contributed by atoms with Crippen molar-refractivity contribution in [3.05, 3.63) is 0 Å². The van der Waals surface area contributed by atoms with Gasteiger partial charge in [0.25, 0.3) is 0 Å². The molecule has 0 radical (unpaired) electrons. The molecule has 21 heavy (non-hydrogen) atoms. The Labute approximate surface area is 140 Å². The summed E-state index contributed by atoms with van der Waals surface area (Å²) in [6.07, 6.45) is 8.28. The van der Waals surface area contributed by atoms with Crippen LogP contribution in [0.15, 0.2) is 0 Å². The number of nitrogens with one attached hydrogen (secondary N) is 1. The molecule has 3 fully saturated rings. The molecular formula is C15H29Cl2N3O. The van der Waals surface area contributed by atoms with E-state index in [1.807, 2.05) is 0 Å². The van der Waals surface area contributed by atoms with Gasteiger partial charge in [-0.3, -0.25) is 9.69 Å². The zero-order valence-corrected chi connectivity index (χ0v) is 14.4. The number of carbonyl (C=O) groups excluding carboxylic acids is 1. The number of nitrogens with zero attached hydrogens (tertiary/aromatic N) is 2. The molecule has 0 aromatic heterocycles. The van der Waals surface area contributed by atoms with Gasteiger partial charge in [0.2, 0.25) is 5.91 Å². The minimum atomic E-state index is 0. The van der Waals surface area contributed by atoms with Gasteiger partial charge in [0.15, 0.2) is 0 Å². The van der Waals surface area contributed by atoms with Crippen LogP contribution >= 0.6 is 24.8 Å². The van der Waals surface area contributed by atoms with Crippen LogP contribution < -0.4 is 5.32 Å². The third-order valence-corrected chi connectivity index (χ3v) is 4.99. The van der Waals surface area contributed by atoms with Gasteiger partial charge in [-0.1, -0.05) is 0 Å². The van der Waals surface area contributed by atoms with Gasteiger partial charge < -0.3 is 10.2 Å². The first-order valence-electron chi connectivity index (χ1n) is 8.08. The van der Waals surface area contributed by atoms with Crippen LogP contribution in [0.3, 0.4) is 0 Å². The molecule has 1 amide bonds. The van der Waals surface area contributed by atoms with E-state index in [4.69, 9.17) is 0 Å². The maximum Gasteiger partial charge on any atom is 0.224 e. The summed E-state index contributed by atoms with van der Waals surface area (Å²) >= 11 is 0. The number of rotatable bonds is 3. The summed E-state index contributed by atoms with van der Waals surface area (Å²) in [6, 6.07) is 1.08. The quantitative estimate of drug-likeness (QED) is 0.856. The highest BCUT2D eigenvalue weighted by molar-refractivity contribution is 5.85. The fourth-order valence-corrected chi connectivity index (χ4v) is 3.86. The van der Waals surface area contributed by atoms with Gasteiger partial charge in [0.05, 0.1) is 0 Å². The summed E-state index contributed by atoms with van der Waals surface area (Å²) in [5, 5.41) is 3.43. The van der Waals surface area contributed by atoms with Crippen molar-refractivity contribution in [2.45, 2.75) is 57.0 Å². The molecule has 1 N–H and O–H groups in total. The third-order valence-electron chi connectivity index (χ3n) is 4.99.